The van der Waals surface area contributed by atoms with Gasteiger partial charge < -0.3 is 4.74 Å². The van der Waals surface area contributed by atoms with Gasteiger partial charge in [0.2, 0.25) is 5.82 Å². The zero-order valence-corrected chi connectivity index (χ0v) is 12.6. The van der Waals surface area contributed by atoms with Crippen molar-refractivity contribution in [2.75, 3.05) is 0 Å². The molecule has 0 saturated heterocycles. The highest BCUT2D eigenvalue weighted by molar-refractivity contribution is 5.69. The van der Waals surface area contributed by atoms with E-state index in [4.69, 9.17) is 5.26 Å². The van der Waals surface area contributed by atoms with E-state index in [9.17, 15) is 26.3 Å². The Balaban J connectivity index is 2.05. The lowest BCUT2D eigenvalue weighted by Gasteiger charge is -2.10. The van der Waals surface area contributed by atoms with Gasteiger partial charge in [-0.3, -0.25) is 4.40 Å². The molecule has 0 N–H and O–H groups in total. The molecular formula is C16H7F6N3O. The van der Waals surface area contributed by atoms with E-state index < -0.39 is 24.1 Å². The first kappa shape index (κ1) is 17.6. The molecule has 2 heterocycles. The summed E-state index contributed by atoms with van der Waals surface area (Å²) in [5.41, 5.74) is 0.253. The van der Waals surface area contributed by atoms with Crippen LogP contribution in [0.1, 0.15) is 11.5 Å². The van der Waals surface area contributed by atoms with Gasteiger partial charge in [-0.05, 0) is 29.3 Å². The van der Waals surface area contributed by atoms with E-state index in [2.05, 4.69) is 9.72 Å². The van der Waals surface area contributed by atoms with E-state index >= 15 is 0 Å². The highest BCUT2D eigenvalue weighted by Crippen LogP contribution is 2.32. The zero-order chi connectivity index (χ0) is 19.1. The lowest BCUT2D eigenvalue weighted by molar-refractivity contribution is -0.274. The summed E-state index contributed by atoms with van der Waals surface area (Å²) >= 11 is 0. The molecule has 0 radical (unpaired) electrons. The third kappa shape index (κ3) is 3.42. The third-order valence-electron chi connectivity index (χ3n) is 3.42. The molecule has 0 aliphatic heterocycles. The Kier molecular flexibility index (Phi) is 4.02. The van der Waals surface area contributed by atoms with Gasteiger partial charge in [-0.1, -0.05) is 18.2 Å². The fraction of sp³-hybridized carbons (Fsp3) is 0.125. The summed E-state index contributed by atoms with van der Waals surface area (Å²) < 4.78 is 80.3. The van der Waals surface area contributed by atoms with Crippen molar-refractivity contribution >= 4 is 5.52 Å². The average molecular weight is 371 g/mol. The molecule has 134 valence electrons. The van der Waals surface area contributed by atoms with Crippen LogP contribution in [0.4, 0.5) is 26.3 Å². The normalized spacial score (nSPS) is 12.2. The molecule has 0 fully saturated rings. The minimum absolute atomic E-state index is 0.0272. The summed E-state index contributed by atoms with van der Waals surface area (Å²) in [6, 6.07) is 8.97. The van der Waals surface area contributed by atoms with Crippen LogP contribution in [0, 0.1) is 11.3 Å². The van der Waals surface area contributed by atoms with Crippen LogP contribution in [0.25, 0.3) is 16.6 Å². The summed E-state index contributed by atoms with van der Waals surface area (Å²) in [6.07, 6.45) is -8.50. The monoisotopic (exact) mass is 371 g/mol. The van der Waals surface area contributed by atoms with E-state index in [-0.39, 0.29) is 11.2 Å². The molecule has 0 spiro atoms. The smallest absolute Gasteiger partial charge is 0.406 e. The van der Waals surface area contributed by atoms with Gasteiger partial charge in [0.15, 0.2) is 5.69 Å². The lowest BCUT2D eigenvalue weighted by Crippen LogP contribution is -2.16. The second-order valence-electron chi connectivity index (χ2n) is 5.14. The number of benzene rings is 1. The Labute approximate surface area is 141 Å². The summed E-state index contributed by atoms with van der Waals surface area (Å²) in [5.74, 6) is -1.71. The second kappa shape index (κ2) is 5.94. The number of alkyl halides is 6. The molecule has 0 atom stereocenters. The molecule has 3 rings (SSSR count). The SMILES string of the molecule is N#Cc1nc(C(F)(F)F)n2cc(-c3ccc(OC(F)(F)F)cc3)ccc12. The molecule has 26 heavy (non-hydrogen) atoms. The van der Waals surface area contributed by atoms with Gasteiger partial charge in [0.05, 0.1) is 5.52 Å². The summed E-state index contributed by atoms with van der Waals surface area (Å²) in [5, 5.41) is 8.93. The molecule has 0 saturated carbocycles. The summed E-state index contributed by atoms with van der Waals surface area (Å²) in [4.78, 5) is 3.30. The van der Waals surface area contributed by atoms with Gasteiger partial charge in [0.1, 0.15) is 11.8 Å². The molecule has 10 heteroatoms. The first-order valence-electron chi connectivity index (χ1n) is 6.94. The zero-order valence-electron chi connectivity index (χ0n) is 12.6. The van der Waals surface area contributed by atoms with Crippen molar-refractivity contribution in [2.24, 2.45) is 0 Å². The second-order valence-corrected chi connectivity index (χ2v) is 5.14. The van der Waals surface area contributed by atoms with Crippen molar-refractivity contribution in [3.05, 3.63) is 54.1 Å². The maximum atomic E-state index is 13.1. The van der Waals surface area contributed by atoms with Crippen molar-refractivity contribution in [3.8, 4) is 22.9 Å². The van der Waals surface area contributed by atoms with E-state index in [1.807, 2.05) is 0 Å². The van der Waals surface area contributed by atoms with Gasteiger partial charge >= 0.3 is 12.5 Å². The fourth-order valence-electron chi connectivity index (χ4n) is 2.39. The van der Waals surface area contributed by atoms with Gasteiger partial charge in [0.25, 0.3) is 0 Å². The highest BCUT2D eigenvalue weighted by Gasteiger charge is 2.37. The van der Waals surface area contributed by atoms with E-state index in [0.29, 0.717) is 11.1 Å². The predicted molar refractivity (Wildman–Crippen MR) is 77.0 cm³/mol. The Hall–Kier alpha value is -3.22. The van der Waals surface area contributed by atoms with Gasteiger partial charge in [-0.2, -0.15) is 18.4 Å². The first-order chi connectivity index (χ1) is 12.1. The number of rotatable bonds is 2. The number of pyridine rings is 1. The van der Waals surface area contributed by atoms with Crippen LogP contribution in [0.3, 0.4) is 0 Å². The maximum Gasteiger partial charge on any atom is 0.573 e. The topological polar surface area (TPSA) is 50.3 Å². The number of halogens is 6. The van der Waals surface area contributed by atoms with Crippen molar-refractivity contribution in [3.63, 3.8) is 0 Å². The van der Waals surface area contributed by atoms with Gasteiger partial charge in [-0.25, -0.2) is 4.98 Å². The molecule has 0 bridgehead atoms. The maximum absolute atomic E-state index is 13.1. The average Bonchev–Trinajstić information content (AvgIpc) is 2.92. The number of hydrogen-bond acceptors (Lipinski definition) is 3. The minimum atomic E-state index is -4.84. The Morgan fingerprint density at radius 3 is 2.08 bits per heavy atom. The van der Waals surface area contributed by atoms with Crippen molar-refractivity contribution in [1.29, 1.82) is 5.26 Å². The van der Waals surface area contributed by atoms with Gasteiger partial charge in [0, 0.05) is 6.20 Å². The Morgan fingerprint density at radius 2 is 1.54 bits per heavy atom. The largest absolute Gasteiger partial charge is 0.573 e. The lowest BCUT2D eigenvalue weighted by atomic mass is 10.1. The minimum Gasteiger partial charge on any atom is -0.406 e. The van der Waals surface area contributed by atoms with Crippen LogP contribution in [0.5, 0.6) is 5.75 Å². The Morgan fingerprint density at radius 1 is 0.923 bits per heavy atom. The van der Waals surface area contributed by atoms with Crippen LogP contribution < -0.4 is 4.74 Å². The number of ether oxygens (including phenoxy) is 1. The highest BCUT2D eigenvalue weighted by atomic mass is 19.4. The molecule has 0 aliphatic rings. The van der Waals surface area contributed by atoms with Crippen LogP contribution >= 0.6 is 0 Å². The van der Waals surface area contributed by atoms with Crippen molar-refractivity contribution < 1.29 is 31.1 Å². The number of fused-ring (bicyclic) bond motifs is 1. The third-order valence-corrected chi connectivity index (χ3v) is 3.42. The molecule has 0 amide bonds. The number of aromatic nitrogens is 2. The number of nitriles is 1. The van der Waals surface area contributed by atoms with E-state index in [0.717, 1.165) is 22.7 Å². The fourth-order valence-corrected chi connectivity index (χ4v) is 2.39. The Bertz CT molecular complexity index is 996. The van der Waals surface area contributed by atoms with E-state index in [1.54, 1.807) is 6.07 Å². The van der Waals surface area contributed by atoms with Crippen LogP contribution in [0.2, 0.25) is 0 Å². The molecule has 0 unspecified atom stereocenters. The van der Waals surface area contributed by atoms with Crippen LogP contribution in [0.15, 0.2) is 42.6 Å². The molecule has 0 aliphatic carbocycles. The molecular weight excluding hydrogens is 364 g/mol. The van der Waals surface area contributed by atoms with Gasteiger partial charge in [-0.15, -0.1) is 13.2 Å². The van der Waals surface area contributed by atoms with Crippen molar-refractivity contribution in [2.45, 2.75) is 12.5 Å². The first-order valence-corrected chi connectivity index (χ1v) is 6.94. The molecule has 4 nitrogen and oxygen atoms in total. The predicted octanol–water partition coefficient (Wildman–Crippen LogP) is 4.79. The van der Waals surface area contributed by atoms with Crippen LogP contribution in [-0.4, -0.2) is 15.7 Å². The quantitative estimate of drug-likeness (QED) is 0.609. The molecule has 1 aromatic carbocycles. The summed E-state index contributed by atoms with van der Waals surface area (Å²) in [6.45, 7) is 0. The number of imidazole rings is 1. The van der Waals surface area contributed by atoms with E-state index in [1.165, 1.54) is 24.3 Å². The number of hydrogen-bond donors (Lipinski definition) is 0. The molecule has 2 aromatic heterocycles. The summed E-state index contributed by atoms with van der Waals surface area (Å²) in [7, 11) is 0. The number of nitrogens with zero attached hydrogens (tertiary/aromatic N) is 3. The molecule has 3 aromatic rings. The van der Waals surface area contributed by atoms with Crippen LogP contribution in [-0.2, 0) is 6.18 Å². The van der Waals surface area contributed by atoms with Crippen molar-refractivity contribution in [1.82, 2.24) is 9.38 Å². The standard InChI is InChI=1S/C16H7F6N3O/c17-15(18,19)14-24-12(7-23)13-6-3-10(8-25(13)14)9-1-4-11(5-2-9)26-16(20,21)22/h1-6,8H.